The largest absolute Gasteiger partial charge is 0.350 e. The van der Waals surface area contributed by atoms with Crippen LogP contribution in [0.25, 0.3) is 0 Å². The van der Waals surface area contributed by atoms with Crippen LogP contribution in [0.15, 0.2) is 18.5 Å². The van der Waals surface area contributed by atoms with E-state index >= 15 is 0 Å². The SMILES string of the molecule is O=C(NCc1cc2n(n1)CCCN(Cc1ncc[nH]1)C2)C1CCC1. The van der Waals surface area contributed by atoms with Gasteiger partial charge in [0.05, 0.1) is 24.5 Å². The van der Waals surface area contributed by atoms with Gasteiger partial charge in [-0.3, -0.25) is 14.4 Å². The first-order valence-corrected chi connectivity index (χ1v) is 8.82. The first-order chi connectivity index (χ1) is 11.8. The Morgan fingerprint density at radius 2 is 2.25 bits per heavy atom. The topological polar surface area (TPSA) is 78.8 Å². The number of fused-ring (bicyclic) bond motifs is 1. The minimum absolute atomic E-state index is 0.184. The van der Waals surface area contributed by atoms with E-state index in [1.165, 1.54) is 12.1 Å². The van der Waals surface area contributed by atoms with E-state index in [-0.39, 0.29) is 11.8 Å². The third kappa shape index (κ3) is 3.36. The molecule has 0 unspecified atom stereocenters. The highest BCUT2D eigenvalue weighted by atomic mass is 16.1. The first-order valence-electron chi connectivity index (χ1n) is 8.82. The van der Waals surface area contributed by atoms with Gasteiger partial charge < -0.3 is 10.3 Å². The fraction of sp³-hybridized carbons (Fsp3) is 0.588. The summed E-state index contributed by atoms with van der Waals surface area (Å²) in [6.07, 6.45) is 7.98. The Bertz CT molecular complexity index is 688. The van der Waals surface area contributed by atoms with Gasteiger partial charge in [-0.15, -0.1) is 0 Å². The van der Waals surface area contributed by atoms with Crippen LogP contribution in [0.2, 0.25) is 0 Å². The molecule has 1 aliphatic carbocycles. The Balaban J connectivity index is 1.37. The summed E-state index contributed by atoms with van der Waals surface area (Å²) < 4.78 is 2.09. The number of aromatic nitrogens is 4. The molecule has 1 fully saturated rings. The predicted octanol–water partition coefficient (Wildman–Crippen LogP) is 1.43. The number of carbonyl (C=O) groups excluding carboxylic acids is 1. The molecule has 0 radical (unpaired) electrons. The molecule has 0 saturated heterocycles. The van der Waals surface area contributed by atoms with Crippen LogP contribution in [-0.2, 0) is 31.0 Å². The number of nitrogens with zero attached hydrogens (tertiary/aromatic N) is 4. The van der Waals surface area contributed by atoms with E-state index in [2.05, 4.69) is 36.0 Å². The van der Waals surface area contributed by atoms with Gasteiger partial charge in [0.2, 0.25) is 5.91 Å². The maximum absolute atomic E-state index is 12.0. The van der Waals surface area contributed by atoms with Crippen LogP contribution in [0.5, 0.6) is 0 Å². The van der Waals surface area contributed by atoms with Crippen LogP contribution in [0.1, 0.15) is 42.9 Å². The molecule has 1 aliphatic heterocycles. The summed E-state index contributed by atoms with van der Waals surface area (Å²) in [6.45, 7) is 4.20. The van der Waals surface area contributed by atoms with Crippen molar-refractivity contribution in [2.75, 3.05) is 6.54 Å². The molecule has 2 aliphatic rings. The number of hydrogen-bond donors (Lipinski definition) is 2. The summed E-state index contributed by atoms with van der Waals surface area (Å²) >= 11 is 0. The number of aryl methyl sites for hydroxylation is 1. The summed E-state index contributed by atoms with van der Waals surface area (Å²) in [5.74, 6) is 1.41. The van der Waals surface area contributed by atoms with Crippen LogP contribution < -0.4 is 5.32 Å². The second-order valence-electron chi connectivity index (χ2n) is 6.80. The van der Waals surface area contributed by atoms with Crippen LogP contribution in [-0.4, -0.2) is 37.1 Å². The van der Waals surface area contributed by atoms with Gasteiger partial charge >= 0.3 is 0 Å². The first kappa shape index (κ1) is 15.4. The van der Waals surface area contributed by atoms with Gasteiger partial charge in [-0.2, -0.15) is 5.10 Å². The second-order valence-corrected chi connectivity index (χ2v) is 6.80. The molecule has 7 heteroatoms. The second kappa shape index (κ2) is 6.76. The van der Waals surface area contributed by atoms with E-state index < -0.39 is 0 Å². The molecule has 2 N–H and O–H groups in total. The zero-order valence-corrected chi connectivity index (χ0v) is 13.9. The van der Waals surface area contributed by atoms with Gasteiger partial charge in [0, 0.05) is 37.9 Å². The normalized spacial score (nSPS) is 18.7. The highest BCUT2D eigenvalue weighted by Gasteiger charge is 2.25. The van der Waals surface area contributed by atoms with Crippen molar-refractivity contribution in [2.24, 2.45) is 5.92 Å². The van der Waals surface area contributed by atoms with Crippen molar-refractivity contribution in [3.63, 3.8) is 0 Å². The van der Waals surface area contributed by atoms with E-state index in [1.807, 2.05) is 6.20 Å². The van der Waals surface area contributed by atoms with E-state index in [1.54, 1.807) is 6.20 Å². The Morgan fingerprint density at radius 3 is 3.00 bits per heavy atom. The minimum Gasteiger partial charge on any atom is -0.350 e. The Kier molecular flexibility index (Phi) is 4.34. The molecule has 0 bridgehead atoms. The third-order valence-electron chi connectivity index (χ3n) is 4.99. The van der Waals surface area contributed by atoms with Crippen LogP contribution in [0.4, 0.5) is 0 Å². The molecule has 1 saturated carbocycles. The van der Waals surface area contributed by atoms with Crippen molar-refractivity contribution in [3.05, 3.63) is 35.7 Å². The maximum Gasteiger partial charge on any atom is 0.223 e. The lowest BCUT2D eigenvalue weighted by molar-refractivity contribution is -0.127. The van der Waals surface area contributed by atoms with Crippen LogP contribution in [0, 0.1) is 5.92 Å². The molecule has 0 aromatic carbocycles. The zero-order valence-electron chi connectivity index (χ0n) is 13.9. The highest BCUT2D eigenvalue weighted by molar-refractivity contribution is 5.79. The molecular weight excluding hydrogens is 304 g/mol. The smallest absolute Gasteiger partial charge is 0.223 e. The van der Waals surface area contributed by atoms with Crippen molar-refractivity contribution in [1.29, 1.82) is 0 Å². The predicted molar refractivity (Wildman–Crippen MR) is 88.7 cm³/mol. The number of nitrogens with one attached hydrogen (secondary N) is 2. The Labute approximate surface area is 141 Å². The van der Waals surface area contributed by atoms with Crippen molar-refractivity contribution in [1.82, 2.24) is 30.0 Å². The van der Waals surface area contributed by atoms with Gasteiger partial charge in [-0.05, 0) is 25.3 Å². The molecule has 0 atom stereocenters. The van der Waals surface area contributed by atoms with Crippen LogP contribution >= 0.6 is 0 Å². The van der Waals surface area contributed by atoms with E-state index in [9.17, 15) is 4.79 Å². The summed E-state index contributed by atoms with van der Waals surface area (Å²) in [5.41, 5.74) is 2.17. The standard InChI is InChI=1S/C17H24N6O/c24-17(13-3-1-4-13)20-10-14-9-15-11-22(7-2-8-23(15)21-14)12-16-18-5-6-19-16/h5-6,9,13H,1-4,7-8,10-12H2,(H,18,19)(H,20,24). The van der Waals surface area contributed by atoms with E-state index in [0.717, 1.165) is 57.0 Å². The van der Waals surface area contributed by atoms with Gasteiger partial charge in [0.25, 0.3) is 0 Å². The summed E-state index contributed by atoms with van der Waals surface area (Å²) in [6, 6.07) is 2.13. The molecule has 4 rings (SSSR count). The highest BCUT2D eigenvalue weighted by Crippen LogP contribution is 2.26. The summed E-state index contributed by atoms with van der Waals surface area (Å²) in [4.78, 5) is 21.8. The van der Waals surface area contributed by atoms with E-state index in [4.69, 9.17) is 0 Å². The Morgan fingerprint density at radius 1 is 1.33 bits per heavy atom. The van der Waals surface area contributed by atoms with Crippen LogP contribution in [0.3, 0.4) is 0 Å². The number of amides is 1. The molecule has 3 heterocycles. The molecule has 0 spiro atoms. The average molecular weight is 328 g/mol. The summed E-state index contributed by atoms with van der Waals surface area (Å²) in [7, 11) is 0. The zero-order chi connectivity index (χ0) is 16.4. The number of carbonyl (C=O) groups is 1. The van der Waals surface area contributed by atoms with Gasteiger partial charge in [-0.25, -0.2) is 4.98 Å². The molecule has 2 aromatic rings. The maximum atomic E-state index is 12.0. The number of H-pyrrole nitrogens is 1. The number of hydrogen-bond acceptors (Lipinski definition) is 4. The molecule has 128 valence electrons. The van der Waals surface area contributed by atoms with Gasteiger partial charge in [-0.1, -0.05) is 6.42 Å². The minimum atomic E-state index is 0.184. The number of rotatable bonds is 5. The fourth-order valence-corrected chi connectivity index (χ4v) is 3.40. The number of aromatic amines is 1. The van der Waals surface area contributed by atoms with Crippen molar-refractivity contribution < 1.29 is 4.79 Å². The molecule has 24 heavy (non-hydrogen) atoms. The lowest BCUT2D eigenvalue weighted by atomic mass is 9.85. The summed E-state index contributed by atoms with van der Waals surface area (Å²) in [5, 5.41) is 7.70. The van der Waals surface area contributed by atoms with Crippen molar-refractivity contribution in [2.45, 2.75) is 51.9 Å². The Hall–Kier alpha value is -2.15. The lowest BCUT2D eigenvalue weighted by Gasteiger charge is -2.23. The van der Waals surface area contributed by atoms with Gasteiger partial charge in [0.1, 0.15) is 5.82 Å². The van der Waals surface area contributed by atoms with E-state index in [0.29, 0.717) is 6.54 Å². The lowest BCUT2D eigenvalue weighted by Crippen LogP contribution is -2.34. The molecule has 2 aromatic heterocycles. The van der Waals surface area contributed by atoms with Gasteiger partial charge in [0.15, 0.2) is 0 Å². The van der Waals surface area contributed by atoms with Crippen molar-refractivity contribution in [3.8, 4) is 0 Å². The molecular formula is C17H24N6O. The molecule has 1 amide bonds. The number of imidazole rings is 1. The average Bonchev–Trinajstić information content (AvgIpc) is 3.10. The third-order valence-corrected chi connectivity index (χ3v) is 4.99. The van der Waals surface area contributed by atoms with Crippen molar-refractivity contribution >= 4 is 5.91 Å². The quantitative estimate of drug-likeness (QED) is 0.870. The monoisotopic (exact) mass is 328 g/mol. The molecule has 7 nitrogen and oxygen atoms in total. The fourth-order valence-electron chi connectivity index (χ4n) is 3.40.